The van der Waals surface area contributed by atoms with Crippen molar-refractivity contribution < 1.29 is 19.2 Å². The van der Waals surface area contributed by atoms with Gasteiger partial charge in [-0.3, -0.25) is 0 Å². The Balaban J connectivity index is 1.73. The maximum Gasteiger partial charge on any atom is 0.494 e. The lowest BCUT2D eigenvalue weighted by Gasteiger charge is -2.32. The van der Waals surface area contributed by atoms with E-state index in [1.54, 1.807) is 12.1 Å². The number of ether oxygens (including phenoxy) is 1. The molecule has 1 saturated heterocycles. The summed E-state index contributed by atoms with van der Waals surface area (Å²) in [4.78, 5) is 0. The molecule has 0 unspecified atom stereocenters. The van der Waals surface area contributed by atoms with Gasteiger partial charge in [0.2, 0.25) is 0 Å². The second kappa shape index (κ2) is 4.92. The van der Waals surface area contributed by atoms with Crippen LogP contribution in [0.5, 0.6) is 11.5 Å². The van der Waals surface area contributed by atoms with Crippen molar-refractivity contribution in [2.24, 2.45) is 5.92 Å². The molecule has 1 aliphatic heterocycles. The van der Waals surface area contributed by atoms with Crippen LogP contribution in [0.25, 0.3) is 0 Å². The van der Waals surface area contributed by atoms with Crippen molar-refractivity contribution >= 4 is 12.6 Å². The Labute approximate surface area is 126 Å². The summed E-state index contributed by atoms with van der Waals surface area (Å²) in [6.45, 7) is 8.74. The van der Waals surface area contributed by atoms with Crippen molar-refractivity contribution in [2.75, 3.05) is 6.61 Å². The third kappa shape index (κ3) is 2.90. The van der Waals surface area contributed by atoms with Crippen LogP contribution in [0.3, 0.4) is 0 Å². The Kier molecular flexibility index (Phi) is 3.45. The molecule has 2 aliphatic rings. The number of phenolic OH excluding ortho intramolecular Hbond substituents is 1. The summed E-state index contributed by atoms with van der Waals surface area (Å²) in [6, 6.07) is 5.35. The van der Waals surface area contributed by atoms with Crippen LogP contribution in [0.15, 0.2) is 18.2 Å². The average Bonchev–Trinajstić information content (AvgIpc) is 3.16. The highest BCUT2D eigenvalue weighted by molar-refractivity contribution is 6.62. The van der Waals surface area contributed by atoms with Crippen LogP contribution in [0.4, 0.5) is 0 Å². The molecule has 0 atom stereocenters. The third-order valence-electron chi connectivity index (χ3n) is 4.68. The SMILES string of the molecule is CC1(C)OB(c2ccc(OCC3CC3)c(O)c2)OC1(C)C. The van der Waals surface area contributed by atoms with Crippen molar-refractivity contribution in [1.29, 1.82) is 0 Å². The molecule has 21 heavy (non-hydrogen) atoms. The molecule has 1 N–H and O–H groups in total. The Morgan fingerprint density at radius 1 is 1.19 bits per heavy atom. The van der Waals surface area contributed by atoms with Crippen molar-refractivity contribution in [1.82, 2.24) is 0 Å². The molecule has 3 rings (SSSR count). The standard InChI is InChI=1S/C16H23BO4/c1-15(2)16(3,4)21-17(20-15)12-7-8-14(13(18)9-12)19-10-11-5-6-11/h7-9,11,18H,5-6,10H2,1-4H3. The first kappa shape index (κ1) is 14.7. The van der Waals surface area contributed by atoms with Crippen LogP contribution in [0, 0.1) is 5.92 Å². The molecule has 0 aromatic heterocycles. The van der Waals surface area contributed by atoms with Gasteiger partial charge in [0.1, 0.15) is 0 Å². The summed E-state index contributed by atoms with van der Waals surface area (Å²) < 4.78 is 17.6. The van der Waals surface area contributed by atoms with Crippen molar-refractivity contribution in [3.63, 3.8) is 0 Å². The fraction of sp³-hybridized carbons (Fsp3) is 0.625. The predicted molar refractivity (Wildman–Crippen MR) is 82.0 cm³/mol. The Morgan fingerprint density at radius 2 is 1.81 bits per heavy atom. The van der Waals surface area contributed by atoms with Gasteiger partial charge in [-0.1, -0.05) is 6.07 Å². The first-order valence-electron chi connectivity index (χ1n) is 7.60. The van der Waals surface area contributed by atoms with Crippen LogP contribution < -0.4 is 10.2 Å². The van der Waals surface area contributed by atoms with Crippen molar-refractivity contribution in [3.05, 3.63) is 18.2 Å². The summed E-state index contributed by atoms with van der Waals surface area (Å²) in [5.74, 6) is 1.33. The molecule has 1 aliphatic carbocycles. The highest BCUT2D eigenvalue weighted by Crippen LogP contribution is 2.37. The third-order valence-corrected chi connectivity index (χ3v) is 4.68. The number of hydrogen-bond acceptors (Lipinski definition) is 4. The summed E-state index contributed by atoms with van der Waals surface area (Å²) in [5.41, 5.74) is 0.0491. The van der Waals surface area contributed by atoms with E-state index in [1.165, 1.54) is 12.8 Å². The molecule has 2 fully saturated rings. The smallest absolute Gasteiger partial charge is 0.494 e. The van der Waals surface area contributed by atoms with Gasteiger partial charge in [-0.2, -0.15) is 0 Å². The Hall–Kier alpha value is -1.20. The summed E-state index contributed by atoms with van der Waals surface area (Å²) in [6.07, 6.45) is 2.46. The topological polar surface area (TPSA) is 47.9 Å². The van der Waals surface area contributed by atoms with E-state index in [-0.39, 0.29) is 17.0 Å². The minimum atomic E-state index is -0.460. The lowest BCUT2D eigenvalue weighted by atomic mass is 9.79. The lowest BCUT2D eigenvalue weighted by Crippen LogP contribution is -2.41. The maximum absolute atomic E-state index is 10.1. The van der Waals surface area contributed by atoms with E-state index in [2.05, 4.69) is 0 Å². The van der Waals surface area contributed by atoms with Gasteiger partial charge in [0.15, 0.2) is 11.5 Å². The number of aromatic hydroxyl groups is 1. The van der Waals surface area contributed by atoms with E-state index in [9.17, 15) is 5.11 Å². The number of phenols is 1. The fourth-order valence-corrected chi connectivity index (χ4v) is 2.27. The van der Waals surface area contributed by atoms with Crippen LogP contribution in [0.2, 0.25) is 0 Å². The second-order valence-corrected chi connectivity index (χ2v) is 7.07. The van der Waals surface area contributed by atoms with Gasteiger partial charge in [0.05, 0.1) is 17.8 Å². The van der Waals surface area contributed by atoms with E-state index >= 15 is 0 Å². The van der Waals surface area contributed by atoms with Crippen LogP contribution in [0.1, 0.15) is 40.5 Å². The van der Waals surface area contributed by atoms with E-state index in [4.69, 9.17) is 14.0 Å². The van der Waals surface area contributed by atoms with Gasteiger partial charge < -0.3 is 19.2 Å². The van der Waals surface area contributed by atoms with Crippen molar-refractivity contribution in [2.45, 2.75) is 51.7 Å². The molecule has 1 aromatic rings. The van der Waals surface area contributed by atoms with Gasteiger partial charge >= 0.3 is 7.12 Å². The molecule has 0 amide bonds. The van der Waals surface area contributed by atoms with Gasteiger partial charge in [0, 0.05) is 0 Å². The van der Waals surface area contributed by atoms with Gasteiger partial charge in [-0.05, 0) is 64.1 Å². The zero-order valence-electron chi connectivity index (χ0n) is 13.2. The van der Waals surface area contributed by atoms with Crippen LogP contribution in [-0.2, 0) is 9.31 Å². The van der Waals surface area contributed by atoms with Gasteiger partial charge in [-0.15, -0.1) is 0 Å². The Bertz CT molecular complexity index is 521. The zero-order valence-corrected chi connectivity index (χ0v) is 13.2. The summed E-state index contributed by atoms with van der Waals surface area (Å²) >= 11 is 0. The van der Waals surface area contributed by atoms with Gasteiger partial charge in [-0.25, -0.2) is 0 Å². The monoisotopic (exact) mass is 290 g/mol. The fourth-order valence-electron chi connectivity index (χ4n) is 2.27. The number of rotatable bonds is 4. The minimum Gasteiger partial charge on any atom is -0.504 e. The van der Waals surface area contributed by atoms with Crippen molar-refractivity contribution in [3.8, 4) is 11.5 Å². The normalized spacial score (nSPS) is 23.3. The van der Waals surface area contributed by atoms with E-state index in [0.717, 1.165) is 5.46 Å². The Morgan fingerprint density at radius 3 is 2.33 bits per heavy atom. The van der Waals surface area contributed by atoms with E-state index < -0.39 is 7.12 Å². The molecule has 0 bridgehead atoms. The van der Waals surface area contributed by atoms with Crippen LogP contribution in [-0.4, -0.2) is 30.0 Å². The highest BCUT2D eigenvalue weighted by atomic mass is 16.7. The lowest BCUT2D eigenvalue weighted by molar-refractivity contribution is 0.00578. The molecule has 4 nitrogen and oxygen atoms in total. The molecular formula is C16H23BO4. The van der Waals surface area contributed by atoms with Gasteiger partial charge in [0.25, 0.3) is 0 Å². The largest absolute Gasteiger partial charge is 0.504 e. The van der Waals surface area contributed by atoms with E-state index in [1.807, 2.05) is 33.8 Å². The second-order valence-electron chi connectivity index (χ2n) is 7.07. The zero-order chi connectivity index (χ0) is 15.3. The molecule has 114 valence electrons. The number of benzene rings is 1. The molecule has 0 radical (unpaired) electrons. The molecule has 1 aromatic carbocycles. The first-order chi connectivity index (χ1) is 9.78. The molecular weight excluding hydrogens is 267 g/mol. The van der Waals surface area contributed by atoms with E-state index in [0.29, 0.717) is 18.3 Å². The molecule has 1 heterocycles. The average molecular weight is 290 g/mol. The summed E-state index contributed by atoms with van der Waals surface area (Å²) in [5, 5.41) is 10.1. The molecule has 0 spiro atoms. The van der Waals surface area contributed by atoms with Crippen LogP contribution >= 0.6 is 0 Å². The molecule has 5 heteroatoms. The highest BCUT2D eigenvalue weighted by Gasteiger charge is 2.51. The summed E-state index contributed by atoms with van der Waals surface area (Å²) in [7, 11) is -0.460. The molecule has 1 saturated carbocycles. The number of hydrogen-bond donors (Lipinski definition) is 1. The minimum absolute atomic E-state index is 0.142. The predicted octanol–water partition coefficient (Wildman–Crippen LogP) is 2.48. The quantitative estimate of drug-likeness (QED) is 0.865. The first-order valence-corrected chi connectivity index (χ1v) is 7.60. The maximum atomic E-state index is 10.1.